The summed E-state index contributed by atoms with van der Waals surface area (Å²) in [7, 11) is -3.24. The van der Waals surface area contributed by atoms with Crippen LogP contribution >= 0.6 is 15.9 Å². The molecule has 0 radical (unpaired) electrons. The largest absolute Gasteiger partial charge is 0.356 e. The predicted octanol–water partition coefficient (Wildman–Crippen LogP) is 1.16. The van der Waals surface area contributed by atoms with Gasteiger partial charge in [-0.25, -0.2) is 8.42 Å². The summed E-state index contributed by atoms with van der Waals surface area (Å²) >= 11 is 3.29. The van der Waals surface area contributed by atoms with E-state index in [-0.39, 0.29) is 5.75 Å². The van der Waals surface area contributed by atoms with E-state index in [4.69, 9.17) is 0 Å². The zero-order chi connectivity index (χ0) is 13.7. The minimum absolute atomic E-state index is 0.0509. The molecule has 1 aromatic carbocycles. The van der Waals surface area contributed by atoms with Crippen LogP contribution in [0.3, 0.4) is 0 Å². The molecule has 0 amide bonds. The summed E-state index contributed by atoms with van der Waals surface area (Å²) in [5.41, 5.74) is 0. The molecule has 1 aliphatic heterocycles. The summed E-state index contributed by atoms with van der Waals surface area (Å²) in [6.07, 6.45) is 1.02. The van der Waals surface area contributed by atoms with E-state index in [1.54, 1.807) is 24.3 Å². The maximum Gasteiger partial charge on any atom is 0.191 e. The van der Waals surface area contributed by atoms with Crippen LogP contribution in [-0.2, 0) is 9.84 Å². The first-order chi connectivity index (χ1) is 9.08. The second kappa shape index (κ2) is 6.38. The highest BCUT2D eigenvalue weighted by Crippen LogP contribution is 2.15. The van der Waals surface area contributed by atoms with Crippen LogP contribution in [0.1, 0.15) is 6.42 Å². The van der Waals surface area contributed by atoms with Crippen LogP contribution in [0.5, 0.6) is 0 Å². The third-order valence-corrected chi connectivity index (χ3v) is 4.99. The van der Waals surface area contributed by atoms with E-state index in [9.17, 15) is 8.42 Å². The maximum atomic E-state index is 12.1. The molecule has 0 atom stereocenters. The number of rotatable bonds is 4. The van der Waals surface area contributed by atoms with Gasteiger partial charge in [0.25, 0.3) is 0 Å². The van der Waals surface area contributed by atoms with Gasteiger partial charge in [0.05, 0.1) is 10.6 Å². The highest BCUT2D eigenvalue weighted by Gasteiger charge is 2.14. The molecule has 19 heavy (non-hydrogen) atoms. The summed E-state index contributed by atoms with van der Waals surface area (Å²) in [4.78, 5) is 4.57. The number of hydrogen-bond donors (Lipinski definition) is 2. The Hall–Kier alpha value is -1.08. The number of benzene rings is 1. The van der Waals surface area contributed by atoms with Gasteiger partial charge in [0.15, 0.2) is 15.8 Å². The fraction of sp³-hybridized carbons (Fsp3) is 0.417. The molecule has 2 rings (SSSR count). The van der Waals surface area contributed by atoms with Gasteiger partial charge >= 0.3 is 0 Å². The highest BCUT2D eigenvalue weighted by atomic mass is 79.9. The third kappa shape index (κ3) is 4.21. The number of nitrogens with one attached hydrogen (secondary N) is 2. The van der Waals surface area contributed by atoms with Crippen LogP contribution in [0.4, 0.5) is 0 Å². The van der Waals surface area contributed by atoms with Crippen LogP contribution in [0, 0.1) is 0 Å². The average molecular weight is 346 g/mol. The Bertz CT molecular complexity index is 555. The molecular weight excluding hydrogens is 330 g/mol. The van der Waals surface area contributed by atoms with Crippen molar-refractivity contribution in [2.75, 3.05) is 25.4 Å². The van der Waals surface area contributed by atoms with E-state index in [0.717, 1.165) is 24.0 Å². The Kier molecular flexibility index (Phi) is 4.81. The number of halogens is 1. The molecular formula is C12H16BrN3O2S. The first-order valence-electron chi connectivity index (χ1n) is 6.08. The molecule has 1 aliphatic rings. The lowest BCUT2D eigenvalue weighted by Crippen LogP contribution is -2.42. The van der Waals surface area contributed by atoms with Gasteiger partial charge in [0.1, 0.15) is 0 Å². The third-order valence-electron chi connectivity index (χ3n) is 2.73. The lowest BCUT2D eigenvalue weighted by molar-refractivity contribution is 0.594. The molecule has 2 N–H and O–H groups in total. The summed E-state index contributed by atoms with van der Waals surface area (Å²) < 4.78 is 25.0. The summed E-state index contributed by atoms with van der Waals surface area (Å²) in [6, 6.07) is 6.67. The monoisotopic (exact) mass is 345 g/mol. The molecule has 0 bridgehead atoms. The zero-order valence-electron chi connectivity index (χ0n) is 10.4. The molecule has 7 heteroatoms. The fourth-order valence-electron chi connectivity index (χ4n) is 1.71. The van der Waals surface area contributed by atoms with Crippen molar-refractivity contribution >= 4 is 31.7 Å². The highest BCUT2D eigenvalue weighted by molar-refractivity contribution is 9.10. The molecule has 0 spiro atoms. The van der Waals surface area contributed by atoms with E-state index >= 15 is 0 Å². The van der Waals surface area contributed by atoms with Crippen molar-refractivity contribution in [1.82, 2.24) is 10.6 Å². The number of hydrogen-bond acceptors (Lipinski definition) is 5. The van der Waals surface area contributed by atoms with Gasteiger partial charge in [-0.1, -0.05) is 15.9 Å². The zero-order valence-corrected chi connectivity index (χ0v) is 12.8. The summed E-state index contributed by atoms with van der Waals surface area (Å²) in [5, 5.41) is 6.10. The topological polar surface area (TPSA) is 70.6 Å². The summed E-state index contributed by atoms with van der Waals surface area (Å²) in [6.45, 7) is 2.02. The van der Waals surface area contributed by atoms with Crippen LogP contribution in [0.25, 0.3) is 0 Å². The molecule has 0 fully saturated rings. The van der Waals surface area contributed by atoms with Gasteiger partial charge in [0.2, 0.25) is 0 Å². The van der Waals surface area contributed by atoms with Gasteiger partial charge < -0.3 is 10.6 Å². The Labute approximate surface area is 121 Å². The predicted molar refractivity (Wildman–Crippen MR) is 79.1 cm³/mol. The van der Waals surface area contributed by atoms with E-state index in [1.807, 2.05) is 0 Å². The lowest BCUT2D eigenvalue weighted by atomic mass is 10.4. The van der Waals surface area contributed by atoms with Crippen molar-refractivity contribution in [3.63, 3.8) is 0 Å². The Balaban J connectivity index is 1.90. The quantitative estimate of drug-likeness (QED) is 0.859. The van der Waals surface area contributed by atoms with Crippen molar-refractivity contribution in [1.29, 1.82) is 0 Å². The van der Waals surface area contributed by atoms with E-state index in [2.05, 4.69) is 31.6 Å². The molecule has 1 heterocycles. The summed E-state index contributed by atoms with van der Waals surface area (Å²) in [5.74, 6) is 0.743. The van der Waals surface area contributed by atoms with Crippen LogP contribution in [0.15, 0.2) is 38.6 Å². The van der Waals surface area contributed by atoms with Crippen LogP contribution < -0.4 is 10.6 Å². The van der Waals surface area contributed by atoms with Gasteiger partial charge in [-0.05, 0) is 30.7 Å². The molecule has 0 saturated heterocycles. The number of aliphatic imine (C=N–C) groups is 1. The van der Waals surface area contributed by atoms with E-state index < -0.39 is 9.84 Å². The first-order valence-corrected chi connectivity index (χ1v) is 8.53. The van der Waals surface area contributed by atoms with Crippen molar-refractivity contribution in [3.8, 4) is 0 Å². The molecule has 5 nitrogen and oxygen atoms in total. The standard InChI is InChI=1S/C12H16BrN3O2S/c13-10-2-4-11(5-3-10)19(17,18)9-8-16-12-14-6-1-7-15-12/h2-5H,1,6-9H2,(H2,14,15,16). The van der Waals surface area contributed by atoms with E-state index in [0.29, 0.717) is 17.4 Å². The Morgan fingerprint density at radius 2 is 2.05 bits per heavy atom. The minimum atomic E-state index is -3.24. The molecule has 104 valence electrons. The van der Waals surface area contributed by atoms with Crippen molar-refractivity contribution in [2.45, 2.75) is 11.3 Å². The van der Waals surface area contributed by atoms with E-state index in [1.165, 1.54) is 0 Å². The normalized spacial score (nSPS) is 15.5. The van der Waals surface area contributed by atoms with Gasteiger partial charge in [-0.15, -0.1) is 0 Å². The minimum Gasteiger partial charge on any atom is -0.356 e. The molecule has 0 unspecified atom stereocenters. The van der Waals surface area contributed by atoms with Gasteiger partial charge in [-0.3, -0.25) is 4.99 Å². The molecule has 0 saturated carbocycles. The van der Waals surface area contributed by atoms with Crippen molar-refractivity contribution < 1.29 is 8.42 Å². The average Bonchev–Trinajstić information content (AvgIpc) is 2.40. The Morgan fingerprint density at radius 1 is 1.32 bits per heavy atom. The second-order valence-corrected chi connectivity index (χ2v) is 7.24. The van der Waals surface area contributed by atoms with Crippen molar-refractivity contribution in [3.05, 3.63) is 28.7 Å². The van der Waals surface area contributed by atoms with Crippen LogP contribution in [-0.4, -0.2) is 39.8 Å². The van der Waals surface area contributed by atoms with Gasteiger partial charge in [0, 0.05) is 24.1 Å². The molecule has 0 aromatic heterocycles. The lowest BCUT2D eigenvalue weighted by Gasteiger charge is -2.15. The molecule has 1 aromatic rings. The Morgan fingerprint density at radius 3 is 2.68 bits per heavy atom. The maximum absolute atomic E-state index is 12.1. The first kappa shape index (κ1) is 14.3. The number of sulfone groups is 1. The van der Waals surface area contributed by atoms with Gasteiger partial charge in [-0.2, -0.15) is 0 Å². The van der Waals surface area contributed by atoms with Crippen LogP contribution in [0.2, 0.25) is 0 Å². The second-order valence-electron chi connectivity index (χ2n) is 4.21. The number of guanidine groups is 1. The number of nitrogens with zero attached hydrogens (tertiary/aromatic N) is 1. The smallest absolute Gasteiger partial charge is 0.191 e. The SMILES string of the molecule is O=S(=O)(CCNC1=NCCCN1)c1ccc(Br)cc1. The van der Waals surface area contributed by atoms with Crippen molar-refractivity contribution in [2.24, 2.45) is 4.99 Å². The molecule has 0 aliphatic carbocycles. The fourth-order valence-corrected chi connectivity index (χ4v) is 3.14.